The number of carbonyl (C=O) groups excluding carboxylic acids is 1. The average molecular weight is 448 g/mol. The van der Waals surface area contributed by atoms with Crippen molar-refractivity contribution in [1.82, 2.24) is 4.98 Å². The summed E-state index contributed by atoms with van der Waals surface area (Å²) in [4.78, 5) is 20.1. The molecule has 0 unspecified atom stereocenters. The molecule has 1 aromatic carbocycles. The Labute approximate surface area is 197 Å². The van der Waals surface area contributed by atoms with Gasteiger partial charge in [-0.3, -0.25) is 4.79 Å². The van der Waals surface area contributed by atoms with Gasteiger partial charge in [-0.1, -0.05) is 19.3 Å². The zero-order valence-electron chi connectivity index (χ0n) is 19.7. The lowest BCUT2D eigenvalue weighted by atomic mass is 9.83. The summed E-state index contributed by atoms with van der Waals surface area (Å²) in [6.45, 7) is 2.56. The molecule has 2 aromatic rings. The number of hydrogen-bond donors (Lipinski definition) is 0. The molecule has 2 heterocycles. The molecular weight excluding hydrogens is 412 g/mol. The maximum atomic E-state index is 13.4. The van der Waals surface area contributed by atoms with Crippen LogP contribution >= 0.6 is 0 Å². The van der Waals surface area contributed by atoms with Crippen molar-refractivity contribution in [2.24, 2.45) is 11.8 Å². The largest absolute Gasteiger partial charge is 0.497 e. The number of rotatable bonds is 8. The van der Waals surface area contributed by atoms with Gasteiger partial charge in [0.05, 0.1) is 19.4 Å². The Morgan fingerprint density at radius 3 is 2.55 bits per heavy atom. The van der Waals surface area contributed by atoms with Gasteiger partial charge in [-0.15, -0.1) is 0 Å². The van der Waals surface area contributed by atoms with Crippen LogP contribution in [0, 0.1) is 17.8 Å². The predicted octanol–water partition coefficient (Wildman–Crippen LogP) is 5.86. The Morgan fingerprint density at radius 2 is 1.82 bits per heavy atom. The van der Waals surface area contributed by atoms with Gasteiger partial charge in [0.15, 0.2) is 5.78 Å². The Balaban J connectivity index is 1.21. The maximum absolute atomic E-state index is 13.4. The van der Waals surface area contributed by atoms with Gasteiger partial charge in [-0.25, -0.2) is 4.98 Å². The molecule has 1 radical (unpaired) electrons. The van der Waals surface area contributed by atoms with Crippen LogP contribution in [0.5, 0.6) is 11.6 Å². The summed E-state index contributed by atoms with van der Waals surface area (Å²) < 4.78 is 11.6. The number of ether oxygens (including phenoxy) is 2. The average Bonchev–Trinajstić information content (AvgIpc) is 3.73. The van der Waals surface area contributed by atoms with Crippen LogP contribution in [0.25, 0.3) is 0 Å². The predicted molar refractivity (Wildman–Crippen MR) is 130 cm³/mol. The highest BCUT2D eigenvalue weighted by molar-refractivity contribution is 6.03. The number of ketones is 1. The van der Waals surface area contributed by atoms with Crippen molar-refractivity contribution in [3.8, 4) is 11.6 Å². The maximum Gasteiger partial charge on any atom is 0.213 e. The molecule has 2 saturated carbocycles. The highest BCUT2D eigenvalue weighted by Crippen LogP contribution is 2.39. The number of carbonyl (C=O) groups is 1. The molecule has 5 nitrogen and oxygen atoms in total. The second-order valence-corrected chi connectivity index (χ2v) is 9.81. The minimum Gasteiger partial charge on any atom is -0.497 e. The first-order chi connectivity index (χ1) is 16.2. The zero-order chi connectivity index (χ0) is 22.6. The summed E-state index contributed by atoms with van der Waals surface area (Å²) in [7, 11) is 1.69. The van der Waals surface area contributed by atoms with Crippen molar-refractivity contribution in [3.05, 3.63) is 53.6 Å². The standard InChI is InChI=1S/C28H35N2O3/c1-32-24-9-10-25(28(31)22-5-3-2-4-6-22)26(18-24)30-15-12-20(13-16-30)19-33-27-17-23(11-14-29-27)21-7-8-21/h9-11,14,17-18,20,22H,2-8,12-13,15-16,19H2,1H3. The summed E-state index contributed by atoms with van der Waals surface area (Å²) in [5, 5.41) is 0. The molecule has 1 aromatic heterocycles. The van der Waals surface area contributed by atoms with Crippen molar-refractivity contribution in [3.63, 3.8) is 0 Å². The number of benzene rings is 1. The molecule has 1 aliphatic heterocycles. The number of pyridine rings is 1. The van der Waals surface area contributed by atoms with E-state index in [1.165, 1.54) is 43.6 Å². The van der Waals surface area contributed by atoms with Crippen molar-refractivity contribution >= 4 is 11.5 Å². The highest BCUT2D eigenvalue weighted by Gasteiger charge is 2.29. The Kier molecular flexibility index (Phi) is 6.84. The van der Waals surface area contributed by atoms with Crippen molar-refractivity contribution in [2.75, 3.05) is 31.7 Å². The Morgan fingerprint density at radius 1 is 1.03 bits per heavy atom. The van der Waals surface area contributed by atoms with Crippen LogP contribution in [-0.4, -0.2) is 37.6 Å². The van der Waals surface area contributed by atoms with Gasteiger partial charge in [-0.2, -0.15) is 0 Å². The van der Waals surface area contributed by atoms with E-state index in [4.69, 9.17) is 9.47 Å². The summed E-state index contributed by atoms with van der Waals surface area (Å²) in [5.74, 6) is 4.06. The number of anilines is 1. The van der Waals surface area contributed by atoms with Crippen molar-refractivity contribution < 1.29 is 14.3 Å². The normalized spacial score (nSPS) is 20.0. The van der Waals surface area contributed by atoms with Crippen molar-refractivity contribution in [2.45, 2.75) is 57.8 Å². The van der Waals surface area contributed by atoms with E-state index in [0.29, 0.717) is 18.3 Å². The van der Waals surface area contributed by atoms with E-state index >= 15 is 0 Å². The molecule has 3 fully saturated rings. The number of aromatic nitrogens is 1. The van der Waals surface area contributed by atoms with E-state index in [1.54, 1.807) is 7.11 Å². The molecule has 1 saturated heterocycles. The highest BCUT2D eigenvalue weighted by atomic mass is 16.5. The number of piperidine rings is 1. The van der Waals surface area contributed by atoms with E-state index in [1.807, 2.05) is 18.3 Å². The van der Waals surface area contributed by atoms with Gasteiger partial charge in [0.25, 0.3) is 0 Å². The molecule has 0 atom stereocenters. The molecule has 0 spiro atoms. The smallest absolute Gasteiger partial charge is 0.213 e. The molecular formula is C28H35N2O3. The summed E-state index contributed by atoms with van der Waals surface area (Å²) in [5.41, 5.74) is 3.19. The van der Waals surface area contributed by atoms with Crippen LogP contribution in [-0.2, 0) is 0 Å². The molecule has 0 amide bonds. The molecule has 33 heavy (non-hydrogen) atoms. The summed E-state index contributed by atoms with van der Waals surface area (Å²) in [6, 6.07) is 10.1. The van der Waals surface area contributed by atoms with Gasteiger partial charge < -0.3 is 14.4 Å². The number of Topliss-reactive ketones (excluding diaryl/α,β-unsaturated/α-hetero) is 1. The van der Waals surface area contributed by atoms with E-state index in [0.717, 1.165) is 61.7 Å². The first-order valence-electron chi connectivity index (χ1n) is 12.6. The summed E-state index contributed by atoms with van der Waals surface area (Å²) in [6.07, 6.45) is 12.0. The molecule has 0 N–H and O–H groups in total. The Hall–Kier alpha value is -2.56. The lowest BCUT2D eigenvalue weighted by Gasteiger charge is -2.35. The van der Waals surface area contributed by atoms with E-state index in [-0.39, 0.29) is 5.92 Å². The fraction of sp³-hybridized carbons (Fsp3) is 0.536. The van der Waals surface area contributed by atoms with Crippen LogP contribution in [0.15, 0.2) is 36.5 Å². The third-order valence-corrected chi connectivity index (χ3v) is 7.51. The van der Waals surface area contributed by atoms with Gasteiger partial charge >= 0.3 is 0 Å². The SMILES string of the molecule is COc1ccc(C(=O)C2CCCCC2)c(N2CCC(COc3cc([C]4CC4)ccn3)CC2)c1. The third kappa shape index (κ3) is 5.34. The van der Waals surface area contributed by atoms with Gasteiger partial charge in [0, 0.05) is 48.8 Å². The minimum absolute atomic E-state index is 0.175. The van der Waals surface area contributed by atoms with Crippen LogP contribution in [0.1, 0.15) is 73.7 Å². The van der Waals surface area contributed by atoms with E-state index in [9.17, 15) is 4.79 Å². The van der Waals surface area contributed by atoms with Crippen LogP contribution in [0.4, 0.5) is 5.69 Å². The first-order valence-corrected chi connectivity index (χ1v) is 12.6. The second kappa shape index (κ2) is 10.1. The van der Waals surface area contributed by atoms with E-state index in [2.05, 4.69) is 28.1 Å². The zero-order valence-corrected chi connectivity index (χ0v) is 19.7. The Bertz CT molecular complexity index is 957. The van der Waals surface area contributed by atoms with E-state index < -0.39 is 0 Å². The number of nitrogens with zero attached hydrogens (tertiary/aromatic N) is 2. The number of hydrogen-bond acceptors (Lipinski definition) is 5. The quantitative estimate of drug-likeness (QED) is 0.474. The third-order valence-electron chi connectivity index (χ3n) is 7.51. The van der Waals surface area contributed by atoms with Crippen molar-refractivity contribution in [1.29, 1.82) is 0 Å². The van der Waals surface area contributed by atoms with Crippen LogP contribution in [0.3, 0.4) is 0 Å². The molecule has 5 rings (SSSR count). The lowest BCUT2D eigenvalue weighted by Crippen LogP contribution is -2.36. The molecule has 0 bridgehead atoms. The van der Waals surface area contributed by atoms with Gasteiger partial charge in [0.1, 0.15) is 5.75 Å². The number of methoxy groups -OCH3 is 1. The van der Waals surface area contributed by atoms with Gasteiger partial charge in [-0.05, 0) is 68.2 Å². The lowest BCUT2D eigenvalue weighted by molar-refractivity contribution is 0.0890. The van der Waals surface area contributed by atoms with Gasteiger partial charge in [0.2, 0.25) is 5.88 Å². The second-order valence-electron chi connectivity index (χ2n) is 9.81. The molecule has 175 valence electrons. The molecule has 5 heteroatoms. The molecule has 3 aliphatic rings. The fourth-order valence-corrected chi connectivity index (χ4v) is 5.30. The first kappa shape index (κ1) is 22.2. The topological polar surface area (TPSA) is 51.7 Å². The van der Waals surface area contributed by atoms with Crippen LogP contribution < -0.4 is 14.4 Å². The van der Waals surface area contributed by atoms with Crippen LogP contribution in [0.2, 0.25) is 0 Å². The molecule has 2 aliphatic carbocycles. The monoisotopic (exact) mass is 447 g/mol. The fourth-order valence-electron chi connectivity index (χ4n) is 5.30. The minimum atomic E-state index is 0.175. The summed E-state index contributed by atoms with van der Waals surface area (Å²) >= 11 is 0.